The smallest absolute Gasteiger partial charge is 0.416 e. The third-order valence-electron chi connectivity index (χ3n) is 5.40. The zero-order valence-corrected chi connectivity index (χ0v) is 22.3. The molecule has 202 valence electrons. The predicted octanol–water partition coefficient (Wildman–Crippen LogP) is 4.32. The Bertz CT molecular complexity index is 1390. The molecule has 2 amide bonds. The lowest BCUT2D eigenvalue weighted by Gasteiger charge is -2.25. The number of hydrogen-bond acceptors (Lipinski definition) is 8. The fraction of sp³-hybridized carbons (Fsp3) is 0.273. The summed E-state index contributed by atoms with van der Waals surface area (Å²) in [5, 5.41) is 14.4. The highest BCUT2D eigenvalue weighted by atomic mass is 35.5. The third-order valence-corrected chi connectivity index (χ3v) is 8.26. The van der Waals surface area contributed by atoms with Gasteiger partial charge in [-0.25, -0.2) is 9.97 Å². The maximum atomic E-state index is 13.3. The summed E-state index contributed by atoms with van der Waals surface area (Å²) in [7, 11) is -0.976. The number of carbonyl (C=O) groups excluding carboxylic acids is 2. The molecule has 0 aliphatic carbocycles. The van der Waals surface area contributed by atoms with Crippen LogP contribution in [0.1, 0.15) is 32.1 Å². The van der Waals surface area contributed by atoms with E-state index < -0.39 is 51.8 Å². The number of carbonyl (C=O) groups is 2. The molecule has 0 atom stereocenters. The Labute approximate surface area is 230 Å². The van der Waals surface area contributed by atoms with Gasteiger partial charge in [-0.05, 0) is 17.7 Å². The van der Waals surface area contributed by atoms with Crippen LogP contribution in [0.15, 0.2) is 30.3 Å². The number of nitrogens with one attached hydrogen (secondary N) is 2. The van der Waals surface area contributed by atoms with E-state index in [2.05, 4.69) is 20.6 Å². The molecule has 0 bridgehead atoms. The maximum Gasteiger partial charge on any atom is 0.416 e. The Morgan fingerprint density at radius 2 is 1.82 bits per heavy atom. The van der Waals surface area contributed by atoms with Crippen LogP contribution in [-0.2, 0) is 23.5 Å². The maximum absolute atomic E-state index is 13.3. The quantitative estimate of drug-likeness (QED) is 0.356. The zero-order valence-electron chi connectivity index (χ0n) is 19.1. The van der Waals surface area contributed by atoms with Gasteiger partial charge >= 0.3 is 6.18 Å². The summed E-state index contributed by atoms with van der Waals surface area (Å²) in [6.07, 6.45) is -4.61. The van der Waals surface area contributed by atoms with E-state index in [1.165, 1.54) is 18.2 Å². The molecule has 3 aromatic rings. The first-order valence-electron chi connectivity index (χ1n) is 10.8. The molecule has 0 radical (unpaired) electrons. The summed E-state index contributed by atoms with van der Waals surface area (Å²) in [6, 6.07) is 5.90. The van der Waals surface area contributed by atoms with Crippen LogP contribution in [-0.4, -0.2) is 55.7 Å². The highest BCUT2D eigenvalue weighted by Gasteiger charge is 2.33. The molecule has 0 spiro atoms. The van der Waals surface area contributed by atoms with Crippen LogP contribution in [0.3, 0.4) is 0 Å². The standard InChI is InChI=1S/C22H18Cl2F3N5O4S2/c23-13-9-14(29-17(24)16(13)33)18(34)31-20-15(30-21(37-20)32-5-7-38(36)8-6-32)19(35)28-10-11-3-1-2-4-12(11)22(25,26)27/h1-4,9,33H,5-8,10H2,(H,28,35)(H,31,34). The minimum Gasteiger partial charge on any atom is -0.504 e. The number of hydrogen-bond donors (Lipinski definition) is 3. The third kappa shape index (κ3) is 6.37. The number of benzene rings is 1. The van der Waals surface area contributed by atoms with Gasteiger partial charge in [0.25, 0.3) is 11.8 Å². The molecule has 1 aromatic carbocycles. The predicted molar refractivity (Wildman–Crippen MR) is 139 cm³/mol. The lowest BCUT2D eigenvalue weighted by molar-refractivity contribution is -0.138. The fourth-order valence-corrected chi connectivity index (χ4v) is 5.98. The first-order chi connectivity index (χ1) is 17.9. The second-order valence-electron chi connectivity index (χ2n) is 7.93. The topological polar surface area (TPSA) is 125 Å². The van der Waals surface area contributed by atoms with Crippen molar-refractivity contribution in [2.45, 2.75) is 12.7 Å². The van der Waals surface area contributed by atoms with Crippen molar-refractivity contribution in [3.63, 3.8) is 0 Å². The van der Waals surface area contributed by atoms with Gasteiger partial charge in [0.1, 0.15) is 10.7 Å². The van der Waals surface area contributed by atoms with Gasteiger partial charge in [0.05, 0.1) is 10.6 Å². The molecule has 4 rings (SSSR count). The Morgan fingerprint density at radius 3 is 2.47 bits per heavy atom. The van der Waals surface area contributed by atoms with Gasteiger partial charge in [-0.3, -0.25) is 13.8 Å². The van der Waals surface area contributed by atoms with Crippen LogP contribution in [0.25, 0.3) is 0 Å². The van der Waals surface area contributed by atoms with Crippen LogP contribution in [0.5, 0.6) is 5.75 Å². The highest BCUT2D eigenvalue weighted by Crippen LogP contribution is 2.35. The number of amides is 2. The molecule has 16 heteroatoms. The fourth-order valence-electron chi connectivity index (χ4n) is 3.48. The number of nitrogens with zero attached hydrogens (tertiary/aromatic N) is 3. The average Bonchev–Trinajstić information content (AvgIpc) is 3.29. The van der Waals surface area contributed by atoms with Gasteiger partial charge in [-0.15, -0.1) is 0 Å². The van der Waals surface area contributed by atoms with Crippen LogP contribution in [0.2, 0.25) is 10.2 Å². The van der Waals surface area contributed by atoms with Crippen molar-refractivity contribution in [1.82, 2.24) is 15.3 Å². The summed E-state index contributed by atoms with van der Waals surface area (Å²) in [6.45, 7) is 0.360. The van der Waals surface area contributed by atoms with Gasteiger partial charge in [0.2, 0.25) is 0 Å². The van der Waals surface area contributed by atoms with E-state index >= 15 is 0 Å². The van der Waals surface area contributed by atoms with Gasteiger partial charge in [-0.1, -0.05) is 52.7 Å². The molecular formula is C22H18Cl2F3N5O4S2. The Balaban J connectivity index is 1.61. The largest absolute Gasteiger partial charge is 0.504 e. The highest BCUT2D eigenvalue weighted by molar-refractivity contribution is 7.85. The van der Waals surface area contributed by atoms with Gasteiger partial charge < -0.3 is 20.6 Å². The molecule has 1 aliphatic heterocycles. The molecule has 0 saturated carbocycles. The van der Waals surface area contributed by atoms with Gasteiger partial charge in [-0.2, -0.15) is 13.2 Å². The number of anilines is 2. The van der Waals surface area contributed by atoms with Crippen LogP contribution in [0, 0.1) is 0 Å². The van der Waals surface area contributed by atoms with Crippen molar-refractivity contribution in [1.29, 1.82) is 0 Å². The van der Waals surface area contributed by atoms with Crippen LogP contribution < -0.4 is 15.5 Å². The minimum absolute atomic E-state index is 0.000391. The number of rotatable bonds is 6. The Kier molecular flexibility index (Phi) is 8.45. The van der Waals surface area contributed by atoms with Gasteiger partial charge in [0, 0.05) is 41.9 Å². The second-order valence-corrected chi connectivity index (χ2v) is 11.4. The summed E-state index contributed by atoms with van der Waals surface area (Å²) >= 11 is 12.6. The van der Waals surface area contributed by atoms with E-state index in [0.29, 0.717) is 29.7 Å². The number of aromatic hydroxyl groups is 1. The first-order valence-corrected chi connectivity index (χ1v) is 13.9. The van der Waals surface area contributed by atoms with Crippen LogP contribution >= 0.6 is 34.5 Å². The van der Waals surface area contributed by atoms with Crippen LogP contribution in [0.4, 0.5) is 23.3 Å². The lowest BCUT2D eigenvalue weighted by Crippen LogP contribution is -2.37. The molecule has 1 saturated heterocycles. The zero-order chi connectivity index (χ0) is 27.6. The van der Waals surface area contributed by atoms with E-state index in [1.54, 1.807) is 4.90 Å². The van der Waals surface area contributed by atoms with E-state index in [0.717, 1.165) is 23.5 Å². The molecule has 1 fully saturated rings. The van der Waals surface area contributed by atoms with E-state index in [1.807, 2.05) is 0 Å². The molecule has 1 aliphatic rings. The Morgan fingerprint density at radius 1 is 1.13 bits per heavy atom. The number of aromatic nitrogens is 2. The lowest BCUT2D eigenvalue weighted by atomic mass is 10.1. The summed E-state index contributed by atoms with van der Waals surface area (Å²) in [5.41, 5.74) is -1.52. The normalized spacial score (nSPS) is 14.4. The molecule has 0 unspecified atom stereocenters. The SMILES string of the molecule is O=C(Nc1sc(N2CCS(=O)CC2)nc1C(=O)NCc1ccccc1C(F)(F)F)c1cc(Cl)c(O)c(Cl)n1. The van der Waals surface area contributed by atoms with Crippen molar-refractivity contribution >= 4 is 67.3 Å². The summed E-state index contributed by atoms with van der Waals surface area (Å²) in [5.74, 6) is -1.36. The molecular weight excluding hydrogens is 590 g/mol. The number of pyridine rings is 1. The monoisotopic (exact) mass is 607 g/mol. The second kappa shape index (κ2) is 11.4. The van der Waals surface area contributed by atoms with Crippen molar-refractivity contribution in [2.24, 2.45) is 0 Å². The number of halogens is 5. The molecule has 3 heterocycles. The average molecular weight is 608 g/mol. The minimum atomic E-state index is -4.61. The van der Waals surface area contributed by atoms with E-state index in [4.69, 9.17) is 23.2 Å². The van der Waals surface area contributed by atoms with Crippen molar-refractivity contribution in [2.75, 3.05) is 34.8 Å². The molecule has 9 nitrogen and oxygen atoms in total. The number of alkyl halides is 3. The Hall–Kier alpha value is -2.94. The number of thiazole rings is 1. The van der Waals surface area contributed by atoms with Crippen molar-refractivity contribution < 1.29 is 32.1 Å². The molecule has 2 aromatic heterocycles. The van der Waals surface area contributed by atoms with Crippen molar-refractivity contribution in [3.05, 3.63) is 63.0 Å². The van der Waals surface area contributed by atoms with E-state index in [-0.39, 0.29) is 27.0 Å². The summed E-state index contributed by atoms with van der Waals surface area (Å²) < 4.78 is 51.8. The van der Waals surface area contributed by atoms with Gasteiger partial charge in [0.15, 0.2) is 21.7 Å². The van der Waals surface area contributed by atoms with E-state index in [9.17, 15) is 32.1 Å². The first kappa shape index (κ1) is 28.1. The molecule has 38 heavy (non-hydrogen) atoms. The summed E-state index contributed by atoms with van der Waals surface area (Å²) in [4.78, 5) is 35.8. The van der Waals surface area contributed by atoms with Crippen molar-refractivity contribution in [3.8, 4) is 5.75 Å². The molecule has 3 N–H and O–H groups in total.